The third-order valence-corrected chi connectivity index (χ3v) is 3.59. The van der Waals surface area contributed by atoms with Gasteiger partial charge < -0.3 is 9.47 Å². The molecule has 0 aliphatic rings. The molecular weight excluding hydrogens is 333 g/mol. The van der Waals surface area contributed by atoms with Crippen LogP contribution in [0, 0.1) is 17.1 Å². The number of halogens is 1. The summed E-state index contributed by atoms with van der Waals surface area (Å²) < 4.78 is 24.0. The standard InChI is InChI=1S/C21H20FNO3/c1-4-25-20(24)21(2,3)26-19-10-8-15(9-11-19)12-17(14-23)16-6-5-7-18(22)13-16/h5-13H,4H2,1-3H3. The zero-order chi connectivity index (χ0) is 19.2. The molecular formula is C21H20FNO3. The number of ether oxygens (including phenoxy) is 2. The van der Waals surface area contributed by atoms with E-state index in [9.17, 15) is 14.4 Å². The molecule has 0 saturated carbocycles. The molecule has 0 spiro atoms. The molecule has 2 rings (SSSR count). The van der Waals surface area contributed by atoms with Gasteiger partial charge in [-0.2, -0.15) is 5.26 Å². The summed E-state index contributed by atoms with van der Waals surface area (Å²) in [5, 5.41) is 9.33. The minimum absolute atomic E-state index is 0.284. The van der Waals surface area contributed by atoms with Crippen LogP contribution >= 0.6 is 0 Å². The Balaban J connectivity index is 2.18. The van der Waals surface area contributed by atoms with E-state index in [2.05, 4.69) is 6.07 Å². The van der Waals surface area contributed by atoms with E-state index in [0.29, 0.717) is 16.9 Å². The molecule has 26 heavy (non-hydrogen) atoms. The van der Waals surface area contributed by atoms with Crippen LogP contribution in [0.4, 0.5) is 4.39 Å². The number of rotatable bonds is 6. The number of esters is 1. The van der Waals surface area contributed by atoms with E-state index >= 15 is 0 Å². The highest BCUT2D eigenvalue weighted by Gasteiger charge is 2.31. The average Bonchev–Trinajstić information content (AvgIpc) is 2.61. The van der Waals surface area contributed by atoms with Crippen molar-refractivity contribution in [2.45, 2.75) is 26.4 Å². The summed E-state index contributed by atoms with van der Waals surface area (Å²) in [5.74, 6) is -0.333. The van der Waals surface area contributed by atoms with Crippen LogP contribution in [0.3, 0.4) is 0 Å². The van der Waals surface area contributed by atoms with Crippen molar-refractivity contribution < 1.29 is 18.7 Å². The SMILES string of the molecule is CCOC(=O)C(C)(C)Oc1ccc(C=C(C#N)c2cccc(F)c2)cc1. The number of nitrogens with zero attached hydrogens (tertiary/aromatic N) is 1. The molecule has 0 bridgehead atoms. The maximum Gasteiger partial charge on any atom is 0.349 e. The molecule has 4 nitrogen and oxygen atoms in total. The van der Waals surface area contributed by atoms with E-state index in [1.807, 2.05) is 0 Å². The van der Waals surface area contributed by atoms with Gasteiger partial charge in [0.15, 0.2) is 5.60 Å². The Labute approximate surface area is 152 Å². The lowest BCUT2D eigenvalue weighted by molar-refractivity contribution is -0.158. The third-order valence-electron chi connectivity index (χ3n) is 3.59. The molecule has 0 aliphatic heterocycles. The van der Waals surface area contributed by atoms with Crippen molar-refractivity contribution in [3.05, 3.63) is 65.5 Å². The van der Waals surface area contributed by atoms with Crippen LogP contribution in [0.15, 0.2) is 48.5 Å². The number of carbonyl (C=O) groups excluding carboxylic acids is 1. The van der Waals surface area contributed by atoms with Crippen LogP contribution in [0.25, 0.3) is 11.6 Å². The van der Waals surface area contributed by atoms with Gasteiger partial charge in [0.1, 0.15) is 11.6 Å². The number of carbonyl (C=O) groups is 1. The van der Waals surface area contributed by atoms with E-state index in [1.54, 1.807) is 63.2 Å². The first-order chi connectivity index (χ1) is 12.4. The fourth-order valence-corrected chi connectivity index (χ4v) is 2.28. The summed E-state index contributed by atoms with van der Waals surface area (Å²) in [6.07, 6.45) is 1.66. The van der Waals surface area contributed by atoms with Gasteiger partial charge in [0.2, 0.25) is 0 Å². The summed E-state index contributed by atoms with van der Waals surface area (Å²) in [6.45, 7) is 5.29. The Bertz CT molecular complexity index is 848. The molecule has 0 atom stereocenters. The fraction of sp³-hybridized carbons (Fsp3) is 0.238. The van der Waals surface area contributed by atoms with E-state index in [4.69, 9.17) is 9.47 Å². The highest BCUT2D eigenvalue weighted by atomic mass is 19.1. The second-order valence-electron chi connectivity index (χ2n) is 6.08. The Hall–Kier alpha value is -3.13. The summed E-state index contributed by atoms with van der Waals surface area (Å²) in [4.78, 5) is 11.9. The molecule has 0 fully saturated rings. The van der Waals surface area contributed by atoms with Crippen molar-refractivity contribution >= 4 is 17.6 Å². The van der Waals surface area contributed by atoms with Crippen molar-refractivity contribution in [1.29, 1.82) is 5.26 Å². The molecule has 2 aromatic carbocycles. The fourth-order valence-electron chi connectivity index (χ4n) is 2.28. The molecule has 134 valence electrons. The number of allylic oxidation sites excluding steroid dienone is 1. The predicted molar refractivity (Wildman–Crippen MR) is 97.7 cm³/mol. The Morgan fingerprint density at radius 1 is 1.23 bits per heavy atom. The molecule has 0 unspecified atom stereocenters. The van der Waals surface area contributed by atoms with Gasteiger partial charge in [-0.15, -0.1) is 0 Å². The van der Waals surface area contributed by atoms with Crippen LogP contribution in [0.2, 0.25) is 0 Å². The van der Waals surface area contributed by atoms with Gasteiger partial charge in [-0.05, 0) is 62.2 Å². The summed E-state index contributed by atoms with van der Waals surface area (Å²) in [5.41, 5.74) is 0.514. The maximum absolute atomic E-state index is 13.3. The minimum atomic E-state index is -1.10. The monoisotopic (exact) mass is 353 g/mol. The molecule has 0 saturated heterocycles. The first kappa shape index (κ1) is 19.2. The normalized spacial score (nSPS) is 11.6. The quantitative estimate of drug-likeness (QED) is 0.432. The highest BCUT2D eigenvalue weighted by molar-refractivity contribution is 5.89. The average molecular weight is 353 g/mol. The van der Waals surface area contributed by atoms with Gasteiger partial charge in [-0.25, -0.2) is 9.18 Å². The second-order valence-corrected chi connectivity index (χ2v) is 6.08. The topological polar surface area (TPSA) is 59.3 Å². The predicted octanol–water partition coefficient (Wildman–Crippen LogP) is 4.61. The zero-order valence-electron chi connectivity index (χ0n) is 15.0. The van der Waals surface area contributed by atoms with E-state index < -0.39 is 17.4 Å². The zero-order valence-corrected chi connectivity index (χ0v) is 15.0. The Morgan fingerprint density at radius 2 is 1.92 bits per heavy atom. The van der Waals surface area contributed by atoms with E-state index in [1.165, 1.54) is 12.1 Å². The molecule has 0 heterocycles. The highest BCUT2D eigenvalue weighted by Crippen LogP contribution is 2.23. The minimum Gasteiger partial charge on any atom is -0.476 e. The van der Waals surface area contributed by atoms with Crippen molar-refractivity contribution in [2.24, 2.45) is 0 Å². The largest absolute Gasteiger partial charge is 0.476 e. The molecule has 2 aromatic rings. The van der Waals surface area contributed by atoms with Crippen LogP contribution in [-0.4, -0.2) is 18.2 Å². The lowest BCUT2D eigenvalue weighted by Crippen LogP contribution is -2.39. The Kier molecular flexibility index (Phi) is 6.13. The number of hydrogen-bond donors (Lipinski definition) is 0. The van der Waals surface area contributed by atoms with Gasteiger partial charge in [0.25, 0.3) is 0 Å². The van der Waals surface area contributed by atoms with Gasteiger partial charge in [0.05, 0.1) is 18.2 Å². The molecule has 0 amide bonds. The summed E-state index contributed by atoms with van der Waals surface area (Å²) in [7, 11) is 0. The molecule has 0 aromatic heterocycles. The van der Waals surface area contributed by atoms with Crippen LogP contribution in [0.5, 0.6) is 5.75 Å². The van der Waals surface area contributed by atoms with Crippen molar-refractivity contribution in [3.63, 3.8) is 0 Å². The molecule has 0 N–H and O–H groups in total. The molecule has 0 aliphatic carbocycles. The summed E-state index contributed by atoms with van der Waals surface area (Å²) >= 11 is 0. The lowest BCUT2D eigenvalue weighted by Gasteiger charge is -2.24. The van der Waals surface area contributed by atoms with Gasteiger partial charge in [-0.1, -0.05) is 24.3 Å². The summed E-state index contributed by atoms with van der Waals surface area (Å²) in [6, 6.07) is 14.9. The number of nitriles is 1. The van der Waals surface area contributed by atoms with E-state index in [-0.39, 0.29) is 6.61 Å². The third kappa shape index (κ3) is 4.93. The maximum atomic E-state index is 13.3. The first-order valence-corrected chi connectivity index (χ1v) is 8.19. The van der Waals surface area contributed by atoms with Crippen molar-refractivity contribution in [2.75, 3.05) is 6.61 Å². The first-order valence-electron chi connectivity index (χ1n) is 8.19. The van der Waals surface area contributed by atoms with Gasteiger partial charge in [0, 0.05) is 0 Å². The van der Waals surface area contributed by atoms with Crippen molar-refractivity contribution in [3.8, 4) is 11.8 Å². The van der Waals surface area contributed by atoms with Crippen LogP contribution in [-0.2, 0) is 9.53 Å². The van der Waals surface area contributed by atoms with E-state index in [0.717, 1.165) is 5.56 Å². The van der Waals surface area contributed by atoms with Gasteiger partial charge in [-0.3, -0.25) is 0 Å². The van der Waals surface area contributed by atoms with Crippen LogP contribution in [0.1, 0.15) is 31.9 Å². The Morgan fingerprint density at radius 3 is 2.50 bits per heavy atom. The van der Waals surface area contributed by atoms with Gasteiger partial charge >= 0.3 is 5.97 Å². The molecule has 5 heteroatoms. The van der Waals surface area contributed by atoms with Crippen LogP contribution < -0.4 is 4.74 Å². The molecule has 0 radical (unpaired) electrons. The second kappa shape index (κ2) is 8.30. The smallest absolute Gasteiger partial charge is 0.349 e. The lowest BCUT2D eigenvalue weighted by atomic mass is 10.0. The number of benzene rings is 2. The van der Waals surface area contributed by atoms with Crippen molar-refractivity contribution in [1.82, 2.24) is 0 Å². The number of hydrogen-bond acceptors (Lipinski definition) is 4.